The normalized spacial score (nSPS) is 15.5. The van der Waals surface area contributed by atoms with E-state index in [1.54, 1.807) is 30.3 Å². The predicted molar refractivity (Wildman–Crippen MR) is 112 cm³/mol. The van der Waals surface area contributed by atoms with Gasteiger partial charge in [-0.2, -0.15) is 4.31 Å². The first-order chi connectivity index (χ1) is 13.5. The highest BCUT2D eigenvalue weighted by molar-refractivity contribution is 7.89. The van der Waals surface area contributed by atoms with Gasteiger partial charge in [-0.25, -0.2) is 8.42 Å². The topological polar surface area (TPSA) is 66.5 Å². The fourth-order valence-corrected chi connectivity index (χ4v) is 5.45. The van der Waals surface area contributed by atoms with Crippen LogP contribution in [-0.4, -0.2) is 31.2 Å². The van der Waals surface area contributed by atoms with Gasteiger partial charge in [0.15, 0.2) is 0 Å². The van der Waals surface area contributed by atoms with Crippen LogP contribution in [0.5, 0.6) is 0 Å². The van der Waals surface area contributed by atoms with Gasteiger partial charge in [0.05, 0.1) is 11.4 Å². The van der Waals surface area contributed by atoms with E-state index in [0.717, 1.165) is 49.8 Å². The molecule has 1 N–H and O–H groups in total. The molecule has 0 atom stereocenters. The number of benzene rings is 2. The number of carbonyl (C=O) groups excluding carboxylic acids is 1. The van der Waals surface area contributed by atoms with Crippen LogP contribution in [0.3, 0.4) is 0 Å². The highest BCUT2D eigenvalue weighted by atomic mass is 32.2. The average molecular weight is 401 g/mol. The third-order valence-corrected chi connectivity index (χ3v) is 7.22. The van der Waals surface area contributed by atoms with Gasteiger partial charge in [-0.1, -0.05) is 62.6 Å². The van der Waals surface area contributed by atoms with E-state index in [0.29, 0.717) is 0 Å². The number of para-hydroxylation sites is 1. The van der Waals surface area contributed by atoms with Gasteiger partial charge in [-0.15, -0.1) is 0 Å². The highest BCUT2D eigenvalue weighted by Gasteiger charge is 2.33. The van der Waals surface area contributed by atoms with Crippen LogP contribution in [0.25, 0.3) is 0 Å². The predicted octanol–water partition coefficient (Wildman–Crippen LogP) is 4.21. The fourth-order valence-electron chi connectivity index (χ4n) is 3.79. The zero-order valence-corrected chi connectivity index (χ0v) is 17.1. The number of hydrogen-bond acceptors (Lipinski definition) is 3. The number of carbonyl (C=O) groups is 1. The number of hydrogen-bond donors (Lipinski definition) is 1. The molecule has 3 rings (SSSR count). The van der Waals surface area contributed by atoms with Crippen LogP contribution in [0.1, 0.15) is 44.6 Å². The first-order valence-electron chi connectivity index (χ1n) is 9.97. The molecule has 5 nitrogen and oxygen atoms in total. The lowest BCUT2D eigenvalue weighted by Crippen LogP contribution is -2.45. The monoisotopic (exact) mass is 400 g/mol. The second-order valence-electron chi connectivity index (χ2n) is 7.21. The SMILES string of the molecule is CCc1ccccc1NC(=O)CN(C1CCCCC1)S(=O)(=O)c1ccccc1. The standard InChI is InChI=1S/C22H28N2O3S/c1-2-18-11-9-10-16-21(18)23-22(25)17-24(19-12-5-3-6-13-19)28(26,27)20-14-7-4-8-15-20/h4,7-11,14-16,19H,2-3,5-6,12-13,17H2,1H3,(H,23,25). The van der Waals surface area contributed by atoms with Gasteiger partial charge in [0.2, 0.25) is 15.9 Å². The van der Waals surface area contributed by atoms with E-state index >= 15 is 0 Å². The second-order valence-corrected chi connectivity index (χ2v) is 9.10. The summed E-state index contributed by atoms with van der Waals surface area (Å²) in [5.41, 5.74) is 1.78. The lowest BCUT2D eigenvalue weighted by molar-refractivity contribution is -0.116. The van der Waals surface area contributed by atoms with Crippen molar-refractivity contribution in [3.05, 3.63) is 60.2 Å². The molecule has 0 heterocycles. The van der Waals surface area contributed by atoms with Crippen LogP contribution in [0.2, 0.25) is 0 Å². The van der Waals surface area contributed by atoms with Gasteiger partial charge < -0.3 is 5.32 Å². The number of nitrogens with one attached hydrogen (secondary N) is 1. The first kappa shape index (κ1) is 20.6. The van der Waals surface area contributed by atoms with Crippen molar-refractivity contribution in [2.45, 2.75) is 56.4 Å². The van der Waals surface area contributed by atoms with E-state index in [4.69, 9.17) is 0 Å². The molecule has 2 aromatic carbocycles. The van der Waals surface area contributed by atoms with Crippen LogP contribution < -0.4 is 5.32 Å². The summed E-state index contributed by atoms with van der Waals surface area (Å²) in [6.45, 7) is 1.86. The molecule has 0 saturated heterocycles. The zero-order valence-electron chi connectivity index (χ0n) is 16.3. The second kappa shape index (κ2) is 9.34. The van der Waals surface area contributed by atoms with E-state index in [-0.39, 0.29) is 23.4 Å². The Hall–Kier alpha value is -2.18. The molecule has 0 radical (unpaired) electrons. The van der Waals surface area contributed by atoms with Crippen LogP contribution in [-0.2, 0) is 21.2 Å². The Bertz CT molecular complexity index is 891. The zero-order chi connectivity index (χ0) is 20.0. The molecule has 1 amide bonds. The van der Waals surface area contributed by atoms with Crippen molar-refractivity contribution < 1.29 is 13.2 Å². The van der Waals surface area contributed by atoms with Crippen LogP contribution in [0, 0.1) is 0 Å². The summed E-state index contributed by atoms with van der Waals surface area (Å²) in [6, 6.07) is 15.9. The third kappa shape index (κ3) is 4.80. The third-order valence-electron chi connectivity index (χ3n) is 5.30. The summed E-state index contributed by atoms with van der Waals surface area (Å²) in [6.07, 6.45) is 5.49. The summed E-state index contributed by atoms with van der Waals surface area (Å²) in [7, 11) is -3.73. The maximum Gasteiger partial charge on any atom is 0.243 e. The highest BCUT2D eigenvalue weighted by Crippen LogP contribution is 2.28. The van der Waals surface area contributed by atoms with E-state index < -0.39 is 10.0 Å². The molecular formula is C22H28N2O3S. The molecule has 0 spiro atoms. The molecule has 1 fully saturated rings. The Morgan fingerprint density at radius 2 is 1.64 bits per heavy atom. The summed E-state index contributed by atoms with van der Waals surface area (Å²) in [5.74, 6) is -0.300. The van der Waals surface area contributed by atoms with Gasteiger partial charge in [-0.3, -0.25) is 4.79 Å². The maximum absolute atomic E-state index is 13.3. The molecule has 0 aliphatic heterocycles. The average Bonchev–Trinajstić information content (AvgIpc) is 2.73. The van der Waals surface area contributed by atoms with Gasteiger partial charge in [0, 0.05) is 11.7 Å². The Kier molecular flexibility index (Phi) is 6.86. The van der Waals surface area contributed by atoms with E-state index in [1.807, 2.05) is 31.2 Å². The minimum absolute atomic E-state index is 0.133. The van der Waals surface area contributed by atoms with Gasteiger partial charge in [-0.05, 0) is 43.0 Å². The summed E-state index contributed by atoms with van der Waals surface area (Å²) in [4.78, 5) is 13.0. The summed E-state index contributed by atoms with van der Waals surface area (Å²) < 4.78 is 28.0. The first-order valence-corrected chi connectivity index (χ1v) is 11.4. The van der Waals surface area contributed by atoms with Crippen molar-refractivity contribution in [3.8, 4) is 0 Å². The Morgan fingerprint density at radius 3 is 2.32 bits per heavy atom. The van der Waals surface area contributed by atoms with E-state index in [9.17, 15) is 13.2 Å². The smallest absolute Gasteiger partial charge is 0.243 e. The number of sulfonamides is 1. The fraction of sp³-hybridized carbons (Fsp3) is 0.409. The maximum atomic E-state index is 13.3. The number of aryl methyl sites for hydroxylation is 1. The number of anilines is 1. The minimum atomic E-state index is -3.73. The molecule has 28 heavy (non-hydrogen) atoms. The van der Waals surface area contributed by atoms with Gasteiger partial charge in [0.25, 0.3) is 0 Å². The Labute approximate surface area is 167 Å². The van der Waals surface area contributed by atoms with Crippen molar-refractivity contribution in [2.24, 2.45) is 0 Å². The van der Waals surface area contributed by atoms with Crippen molar-refractivity contribution in [2.75, 3.05) is 11.9 Å². The number of amides is 1. The van der Waals surface area contributed by atoms with Crippen LogP contribution >= 0.6 is 0 Å². The van der Waals surface area contributed by atoms with E-state index in [2.05, 4.69) is 5.32 Å². The lowest BCUT2D eigenvalue weighted by atomic mass is 9.95. The largest absolute Gasteiger partial charge is 0.325 e. The molecule has 1 aliphatic carbocycles. The molecule has 0 bridgehead atoms. The lowest BCUT2D eigenvalue weighted by Gasteiger charge is -2.33. The van der Waals surface area contributed by atoms with Gasteiger partial charge >= 0.3 is 0 Å². The quantitative estimate of drug-likeness (QED) is 0.757. The number of nitrogens with zero attached hydrogens (tertiary/aromatic N) is 1. The van der Waals surface area contributed by atoms with Crippen molar-refractivity contribution in [1.29, 1.82) is 0 Å². The van der Waals surface area contributed by atoms with Crippen LogP contribution in [0.4, 0.5) is 5.69 Å². The van der Waals surface area contributed by atoms with Crippen molar-refractivity contribution in [1.82, 2.24) is 4.31 Å². The summed E-state index contributed by atoms with van der Waals surface area (Å²) >= 11 is 0. The van der Waals surface area contributed by atoms with E-state index in [1.165, 1.54) is 4.31 Å². The molecule has 2 aromatic rings. The Balaban J connectivity index is 1.84. The molecule has 150 valence electrons. The molecule has 0 unspecified atom stereocenters. The number of rotatable bonds is 7. The Morgan fingerprint density at radius 1 is 1.00 bits per heavy atom. The molecule has 1 aliphatic rings. The van der Waals surface area contributed by atoms with Crippen LogP contribution in [0.15, 0.2) is 59.5 Å². The molecule has 0 aromatic heterocycles. The van der Waals surface area contributed by atoms with Crippen molar-refractivity contribution >= 4 is 21.6 Å². The van der Waals surface area contributed by atoms with Crippen molar-refractivity contribution in [3.63, 3.8) is 0 Å². The molecule has 6 heteroatoms. The van der Waals surface area contributed by atoms with Gasteiger partial charge in [0.1, 0.15) is 0 Å². The minimum Gasteiger partial charge on any atom is -0.325 e. The summed E-state index contributed by atoms with van der Waals surface area (Å²) in [5, 5.41) is 2.91. The molecular weight excluding hydrogens is 372 g/mol. The molecule has 1 saturated carbocycles.